The first-order chi connectivity index (χ1) is 21.3. The van der Waals surface area contributed by atoms with Crippen LogP contribution in [0.15, 0.2) is 58.5 Å². The summed E-state index contributed by atoms with van der Waals surface area (Å²) in [6, 6.07) is 0. The monoisotopic (exact) mass is 627 g/mol. The molecule has 12 nitrogen and oxygen atoms in total. The first kappa shape index (κ1) is 35.4. The Morgan fingerprint density at radius 2 is 1.73 bits per heavy atom. The minimum absolute atomic E-state index is 0.0923. The van der Waals surface area contributed by atoms with Crippen LogP contribution >= 0.6 is 0 Å². The molecule has 0 spiro atoms. The van der Waals surface area contributed by atoms with Crippen molar-refractivity contribution in [2.75, 3.05) is 27.3 Å². The molecule has 0 radical (unpaired) electrons. The Kier molecular flexibility index (Phi) is 12.5. The van der Waals surface area contributed by atoms with Crippen molar-refractivity contribution >= 4 is 29.5 Å². The smallest absolute Gasteiger partial charge is 0.405 e. The molecule has 3 aliphatic rings. The van der Waals surface area contributed by atoms with Crippen LogP contribution in [0.2, 0.25) is 0 Å². The lowest BCUT2D eigenvalue weighted by atomic mass is 9.84. The molecule has 1 fully saturated rings. The van der Waals surface area contributed by atoms with Gasteiger partial charge in [-0.25, -0.2) is 4.79 Å². The number of carbonyl (C=O) groups excluding carboxylic acids is 5. The lowest BCUT2D eigenvalue weighted by Crippen LogP contribution is -2.43. The number of likely N-dealkylation sites (tertiary alicyclic amines) is 1. The molecule has 1 saturated heterocycles. The zero-order valence-corrected chi connectivity index (χ0v) is 27.1. The highest BCUT2D eigenvalue weighted by atomic mass is 16.6. The highest BCUT2D eigenvalue weighted by Crippen LogP contribution is 2.32. The molecule has 12 heteroatoms. The predicted molar refractivity (Wildman–Crippen MR) is 165 cm³/mol. The lowest BCUT2D eigenvalue weighted by Gasteiger charge is -2.37. The maximum absolute atomic E-state index is 13.8. The molecule has 2 unspecified atom stereocenters. The van der Waals surface area contributed by atoms with Gasteiger partial charge in [0.2, 0.25) is 11.6 Å². The van der Waals surface area contributed by atoms with E-state index in [0.29, 0.717) is 36.4 Å². The van der Waals surface area contributed by atoms with Gasteiger partial charge in [-0.3, -0.25) is 19.2 Å². The van der Waals surface area contributed by atoms with Crippen molar-refractivity contribution in [3.05, 3.63) is 58.5 Å². The molecule has 1 aliphatic carbocycles. The number of Topliss-reactive ketones (excluding diaryl/α,β-unsaturated/α-hetero) is 1. The van der Waals surface area contributed by atoms with Gasteiger partial charge in [-0.05, 0) is 44.6 Å². The number of allylic oxidation sites excluding steroid dienone is 4. The number of rotatable bonds is 5. The summed E-state index contributed by atoms with van der Waals surface area (Å²) in [5.74, 6) is -2.42. The Bertz CT molecular complexity index is 1340. The Morgan fingerprint density at radius 3 is 2.29 bits per heavy atom. The zero-order valence-electron chi connectivity index (χ0n) is 27.1. The molecule has 2 aliphatic heterocycles. The third-order valence-corrected chi connectivity index (χ3v) is 8.20. The fourth-order valence-corrected chi connectivity index (χ4v) is 5.82. The van der Waals surface area contributed by atoms with E-state index in [2.05, 4.69) is 5.32 Å². The van der Waals surface area contributed by atoms with E-state index in [0.717, 1.165) is 6.42 Å². The quantitative estimate of drug-likeness (QED) is 0.263. The van der Waals surface area contributed by atoms with Crippen LogP contribution in [-0.2, 0) is 38.1 Å². The number of ether oxygens (including phenoxy) is 4. The summed E-state index contributed by atoms with van der Waals surface area (Å²) in [5, 5.41) is 2.61. The summed E-state index contributed by atoms with van der Waals surface area (Å²) in [4.78, 5) is 66.2. The van der Waals surface area contributed by atoms with Crippen LogP contribution in [0.3, 0.4) is 0 Å². The molecule has 2 heterocycles. The van der Waals surface area contributed by atoms with Gasteiger partial charge in [-0.15, -0.1) is 0 Å². The first-order valence-electron chi connectivity index (χ1n) is 15.1. The molecule has 2 bridgehead atoms. The van der Waals surface area contributed by atoms with Crippen LogP contribution in [-0.4, -0.2) is 86.2 Å². The first-order valence-corrected chi connectivity index (χ1v) is 15.1. The molecular weight excluding hydrogens is 582 g/mol. The number of nitrogens with one attached hydrogen (secondary N) is 1. The number of primary amides is 1. The minimum Gasteiger partial charge on any atom is -0.459 e. The van der Waals surface area contributed by atoms with E-state index in [1.54, 1.807) is 26.0 Å². The standard InChI is InChI=1S/C33H45N3O9/c1-18-14-23-28(36-12-9-13-36)25(38)17-24(29(23)39)35-32(40)19(2)10-8-11-26(42-6)30(45-33(34)41)20(3)16-21(4)31(44-22(5)37)27(15-18)43-7/h8,10-11,16-18,21,26-27,30-31H,9,12-15H2,1-7H3,(H2,34,41)(H,35,40)/b11-8-,19-10+,20-16+/t18-,21+,26?,27+,30+,31?/m1/s1. The third-order valence-electron chi connectivity index (χ3n) is 8.20. The van der Waals surface area contributed by atoms with Gasteiger partial charge in [0, 0.05) is 57.4 Å². The number of hydrogen-bond donors (Lipinski definition) is 2. The van der Waals surface area contributed by atoms with Crippen LogP contribution < -0.4 is 11.1 Å². The van der Waals surface area contributed by atoms with Gasteiger partial charge in [0.15, 0.2) is 6.10 Å². The van der Waals surface area contributed by atoms with Gasteiger partial charge in [0.1, 0.15) is 12.2 Å². The van der Waals surface area contributed by atoms with E-state index in [4.69, 9.17) is 24.7 Å². The topological polar surface area (TPSA) is 164 Å². The van der Waals surface area contributed by atoms with Crippen molar-refractivity contribution < 1.29 is 42.9 Å². The van der Waals surface area contributed by atoms with Gasteiger partial charge >= 0.3 is 12.1 Å². The number of hydrogen-bond acceptors (Lipinski definition) is 10. The normalized spacial score (nSPS) is 31.8. The summed E-state index contributed by atoms with van der Waals surface area (Å²) >= 11 is 0. The molecule has 246 valence electrons. The molecular formula is C33H45N3O9. The fourth-order valence-electron chi connectivity index (χ4n) is 5.82. The second kappa shape index (κ2) is 15.8. The van der Waals surface area contributed by atoms with Crippen LogP contribution in [0, 0.1) is 11.8 Å². The van der Waals surface area contributed by atoms with Crippen molar-refractivity contribution in [3.63, 3.8) is 0 Å². The average molecular weight is 628 g/mol. The van der Waals surface area contributed by atoms with Gasteiger partial charge in [0.05, 0.1) is 17.5 Å². The molecule has 6 atom stereocenters. The van der Waals surface area contributed by atoms with Crippen molar-refractivity contribution in [1.82, 2.24) is 10.2 Å². The van der Waals surface area contributed by atoms with Gasteiger partial charge in [-0.1, -0.05) is 38.2 Å². The Balaban J connectivity index is 2.13. The second-order valence-corrected chi connectivity index (χ2v) is 11.8. The molecule has 0 aromatic rings. The molecule has 3 rings (SSSR count). The molecule has 3 N–H and O–H groups in total. The average Bonchev–Trinajstić information content (AvgIpc) is 2.94. The Labute approximate surface area is 264 Å². The van der Waals surface area contributed by atoms with Crippen molar-refractivity contribution in [2.24, 2.45) is 17.6 Å². The summed E-state index contributed by atoms with van der Waals surface area (Å²) in [6.07, 6.45) is 5.11. The summed E-state index contributed by atoms with van der Waals surface area (Å²) < 4.78 is 22.7. The Morgan fingerprint density at radius 1 is 1.04 bits per heavy atom. The highest BCUT2D eigenvalue weighted by Gasteiger charge is 2.37. The molecule has 2 amide bonds. The summed E-state index contributed by atoms with van der Waals surface area (Å²) in [5.41, 5.74) is 6.84. The number of nitrogens with zero attached hydrogens (tertiary/aromatic N) is 1. The van der Waals surface area contributed by atoms with Gasteiger partial charge in [0.25, 0.3) is 5.91 Å². The third kappa shape index (κ3) is 9.01. The minimum atomic E-state index is -1.01. The predicted octanol–water partition coefficient (Wildman–Crippen LogP) is 3.04. The van der Waals surface area contributed by atoms with Crippen molar-refractivity contribution in [2.45, 2.75) is 78.3 Å². The summed E-state index contributed by atoms with van der Waals surface area (Å²) in [7, 11) is 2.95. The number of ketones is 2. The maximum Gasteiger partial charge on any atom is 0.405 e. The van der Waals surface area contributed by atoms with Crippen molar-refractivity contribution in [3.8, 4) is 0 Å². The fraction of sp³-hybridized carbons (Fsp3) is 0.545. The maximum atomic E-state index is 13.8. The SMILES string of the molecule is COC1/C=C\C=C(/C)C(=O)NC2=CC(=O)C(N3CCC3)=C(C[C@@H](C)C[C@H](OC)C(OC(C)=O)[C@@H](C)/C=C(\C)[C@@H]1OC(N)=O)C2=O. The van der Waals surface area contributed by atoms with E-state index in [9.17, 15) is 24.0 Å². The largest absolute Gasteiger partial charge is 0.459 e. The number of carbonyl (C=O) groups is 5. The summed E-state index contributed by atoms with van der Waals surface area (Å²) in [6.45, 7) is 9.73. The van der Waals surface area contributed by atoms with E-state index >= 15 is 0 Å². The molecule has 0 aromatic heterocycles. The number of methoxy groups -OCH3 is 2. The molecule has 45 heavy (non-hydrogen) atoms. The number of fused-ring (bicyclic) bond motifs is 2. The van der Waals surface area contributed by atoms with Crippen molar-refractivity contribution in [1.29, 1.82) is 0 Å². The number of esters is 1. The van der Waals surface area contributed by atoms with E-state index in [1.807, 2.05) is 24.8 Å². The van der Waals surface area contributed by atoms with Crippen LogP contribution in [0.1, 0.15) is 53.9 Å². The Hall–Kier alpha value is -4.03. The highest BCUT2D eigenvalue weighted by molar-refractivity contribution is 6.23. The number of nitrogens with two attached hydrogens (primary N) is 1. The number of amides is 2. The molecule has 0 aromatic carbocycles. The van der Waals surface area contributed by atoms with Crippen LogP contribution in [0.4, 0.5) is 4.79 Å². The van der Waals surface area contributed by atoms with E-state index in [-0.39, 0.29) is 29.4 Å². The van der Waals surface area contributed by atoms with E-state index in [1.165, 1.54) is 33.3 Å². The zero-order chi connectivity index (χ0) is 33.4. The van der Waals surface area contributed by atoms with Gasteiger partial charge < -0.3 is 34.9 Å². The van der Waals surface area contributed by atoms with E-state index < -0.39 is 54.1 Å². The molecule has 0 saturated carbocycles. The second-order valence-electron chi connectivity index (χ2n) is 11.8. The van der Waals surface area contributed by atoms with Crippen LogP contribution in [0.5, 0.6) is 0 Å². The van der Waals surface area contributed by atoms with Gasteiger partial charge in [-0.2, -0.15) is 0 Å². The lowest BCUT2D eigenvalue weighted by molar-refractivity contribution is -0.157. The van der Waals surface area contributed by atoms with Crippen LogP contribution in [0.25, 0.3) is 0 Å².